The van der Waals surface area contributed by atoms with Gasteiger partial charge in [0, 0.05) is 19.2 Å². The number of amides is 1. The Hall–Kier alpha value is -1.91. The number of carbonyl (C=O) groups is 1. The fraction of sp³-hybridized carbons (Fsp3) is 0.562. The standard InChI is InChI=1S/C16H24N2O3/c1-10(2)11-5-6-18(9-11)16(19)13-7-12(20-3)8-14(21-4)15(13)17/h7-8,10-11H,5-6,9,17H2,1-4H3. The molecule has 0 bridgehead atoms. The highest BCUT2D eigenvalue weighted by Crippen LogP contribution is 2.33. The predicted molar refractivity (Wildman–Crippen MR) is 82.8 cm³/mol. The first-order valence-corrected chi connectivity index (χ1v) is 7.28. The van der Waals surface area contributed by atoms with Gasteiger partial charge in [0.25, 0.3) is 5.91 Å². The van der Waals surface area contributed by atoms with Crippen molar-refractivity contribution in [2.24, 2.45) is 11.8 Å². The van der Waals surface area contributed by atoms with Crippen molar-refractivity contribution >= 4 is 11.6 Å². The normalized spacial score (nSPS) is 18.1. The molecule has 1 heterocycles. The van der Waals surface area contributed by atoms with Gasteiger partial charge in [-0.25, -0.2) is 0 Å². The summed E-state index contributed by atoms with van der Waals surface area (Å²) in [5.74, 6) is 2.14. The van der Waals surface area contributed by atoms with E-state index in [0.717, 1.165) is 19.5 Å². The zero-order valence-corrected chi connectivity index (χ0v) is 13.2. The molecular weight excluding hydrogens is 268 g/mol. The number of anilines is 1. The Kier molecular flexibility index (Phi) is 4.60. The van der Waals surface area contributed by atoms with Crippen molar-refractivity contribution in [3.05, 3.63) is 17.7 Å². The topological polar surface area (TPSA) is 64.8 Å². The van der Waals surface area contributed by atoms with E-state index < -0.39 is 0 Å². The maximum absolute atomic E-state index is 12.7. The summed E-state index contributed by atoms with van der Waals surface area (Å²) in [6.07, 6.45) is 1.05. The van der Waals surface area contributed by atoms with Crippen LogP contribution < -0.4 is 15.2 Å². The Morgan fingerprint density at radius 3 is 2.57 bits per heavy atom. The van der Waals surface area contributed by atoms with Crippen LogP contribution in [-0.4, -0.2) is 38.1 Å². The first-order chi connectivity index (χ1) is 9.97. The van der Waals surface area contributed by atoms with E-state index in [2.05, 4.69) is 13.8 Å². The second-order valence-corrected chi connectivity index (χ2v) is 5.83. The zero-order chi connectivity index (χ0) is 15.6. The van der Waals surface area contributed by atoms with Crippen LogP contribution in [0.25, 0.3) is 0 Å². The van der Waals surface area contributed by atoms with E-state index in [4.69, 9.17) is 15.2 Å². The molecule has 1 atom stereocenters. The third kappa shape index (κ3) is 3.06. The van der Waals surface area contributed by atoms with Crippen molar-refractivity contribution in [3.63, 3.8) is 0 Å². The monoisotopic (exact) mass is 292 g/mol. The van der Waals surface area contributed by atoms with E-state index >= 15 is 0 Å². The molecule has 1 aliphatic heterocycles. The van der Waals surface area contributed by atoms with Gasteiger partial charge in [0.2, 0.25) is 0 Å². The molecule has 1 aromatic carbocycles. The smallest absolute Gasteiger partial charge is 0.256 e. The Bertz CT molecular complexity index is 528. The fourth-order valence-electron chi connectivity index (χ4n) is 2.75. The van der Waals surface area contributed by atoms with E-state index in [-0.39, 0.29) is 5.91 Å². The molecule has 1 aromatic rings. The van der Waals surface area contributed by atoms with Crippen LogP contribution in [0.1, 0.15) is 30.6 Å². The lowest BCUT2D eigenvalue weighted by Crippen LogP contribution is -2.30. The van der Waals surface area contributed by atoms with Crippen LogP contribution in [-0.2, 0) is 0 Å². The molecule has 1 saturated heterocycles. The Morgan fingerprint density at radius 2 is 2.05 bits per heavy atom. The number of nitrogens with two attached hydrogens (primary N) is 1. The minimum atomic E-state index is -0.0483. The Labute approximate surface area is 126 Å². The summed E-state index contributed by atoms with van der Waals surface area (Å²) in [7, 11) is 3.09. The van der Waals surface area contributed by atoms with E-state index in [9.17, 15) is 4.79 Å². The maximum atomic E-state index is 12.7. The third-order valence-electron chi connectivity index (χ3n) is 4.26. The van der Waals surface area contributed by atoms with Crippen molar-refractivity contribution in [3.8, 4) is 11.5 Å². The van der Waals surface area contributed by atoms with Crippen molar-refractivity contribution in [1.82, 2.24) is 4.90 Å². The largest absolute Gasteiger partial charge is 0.497 e. The Balaban J connectivity index is 2.27. The van der Waals surface area contributed by atoms with E-state index in [1.165, 1.54) is 7.11 Å². The minimum absolute atomic E-state index is 0.0483. The number of rotatable bonds is 4. The van der Waals surface area contributed by atoms with Gasteiger partial charge < -0.3 is 20.1 Å². The average molecular weight is 292 g/mol. The predicted octanol–water partition coefficient (Wildman–Crippen LogP) is 2.40. The number of nitrogens with zero attached hydrogens (tertiary/aromatic N) is 1. The lowest BCUT2D eigenvalue weighted by molar-refractivity contribution is 0.0784. The van der Waals surface area contributed by atoms with E-state index in [1.54, 1.807) is 19.2 Å². The zero-order valence-electron chi connectivity index (χ0n) is 13.2. The summed E-state index contributed by atoms with van der Waals surface area (Å²) in [5.41, 5.74) is 6.88. The molecular formula is C16H24N2O3. The molecule has 0 aliphatic carbocycles. The number of carbonyl (C=O) groups excluding carboxylic acids is 1. The number of benzene rings is 1. The van der Waals surface area contributed by atoms with Crippen molar-refractivity contribution < 1.29 is 14.3 Å². The van der Waals surface area contributed by atoms with Crippen LogP contribution in [0.5, 0.6) is 11.5 Å². The van der Waals surface area contributed by atoms with Gasteiger partial charge in [0.15, 0.2) is 0 Å². The van der Waals surface area contributed by atoms with Crippen LogP contribution in [0.4, 0.5) is 5.69 Å². The number of hydrogen-bond donors (Lipinski definition) is 1. The van der Waals surface area contributed by atoms with Crippen molar-refractivity contribution in [2.75, 3.05) is 33.0 Å². The lowest BCUT2D eigenvalue weighted by Gasteiger charge is -2.20. The maximum Gasteiger partial charge on any atom is 0.256 e. The SMILES string of the molecule is COc1cc(OC)c(N)c(C(=O)N2CCC(C(C)C)C2)c1. The van der Waals surface area contributed by atoms with Crippen LogP contribution in [0.2, 0.25) is 0 Å². The number of ether oxygens (including phenoxy) is 2. The molecule has 1 unspecified atom stereocenters. The van der Waals surface area contributed by atoms with Gasteiger partial charge in [0.1, 0.15) is 11.5 Å². The summed E-state index contributed by atoms with van der Waals surface area (Å²) in [6.45, 7) is 5.96. The fourth-order valence-corrected chi connectivity index (χ4v) is 2.75. The molecule has 0 saturated carbocycles. The second-order valence-electron chi connectivity index (χ2n) is 5.83. The minimum Gasteiger partial charge on any atom is -0.497 e. The average Bonchev–Trinajstić information content (AvgIpc) is 2.97. The van der Waals surface area contributed by atoms with E-state index in [0.29, 0.717) is 34.6 Å². The van der Waals surface area contributed by atoms with Crippen LogP contribution in [0.15, 0.2) is 12.1 Å². The van der Waals surface area contributed by atoms with Crippen molar-refractivity contribution in [1.29, 1.82) is 0 Å². The second kappa shape index (κ2) is 6.24. The molecule has 5 nitrogen and oxygen atoms in total. The number of methoxy groups -OCH3 is 2. The first-order valence-electron chi connectivity index (χ1n) is 7.28. The van der Waals surface area contributed by atoms with Crippen LogP contribution in [0, 0.1) is 11.8 Å². The molecule has 0 radical (unpaired) electrons. The molecule has 0 aromatic heterocycles. The molecule has 5 heteroatoms. The van der Waals surface area contributed by atoms with Crippen molar-refractivity contribution in [2.45, 2.75) is 20.3 Å². The summed E-state index contributed by atoms with van der Waals surface area (Å²) >= 11 is 0. The first kappa shape index (κ1) is 15.5. The van der Waals surface area contributed by atoms with Crippen LogP contribution >= 0.6 is 0 Å². The molecule has 2 N–H and O–H groups in total. The van der Waals surface area contributed by atoms with Gasteiger partial charge in [-0.3, -0.25) is 4.79 Å². The highest BCUT2D eigenvalue weighted by atomic mass is 16.5. The molecule has 1 amide bonds. The van der Waals surface area contributed by atoms with Gasteiger partial charge in [-0.15, -0.1) is 0 Å². The summed E-state index contributed by atoms with van der Waals surface area (Å²) in [4.78, 5) is 14.6. The van der Waals surface area contributed by atoms with Gasteiger partial charge in [-0.2, -0.15) is 0 Å². The molecule has 1 fully saturated rings. The highest BCUT2D eigenvalue weighted by Gasteiger charge is 2.30. The number of hydrogen-bond acceptors (Lipinski definition) is 4. The van der Waals surface area contributed by atoms with Gasteiger partial charge in [-0.1, -0.05) is 13.8 Å². The third-order valence-corrected chi connectivity index (χ3v) is 4.26. The van der Waals surface area contributed by atoms with Gasteiger partial charge >= 0.3 is 0 Å². The number of likely N-dealkylation sites (tertiary alicyclic amines) is 1. The highest BCUT2D eigenvalue weighted by molar-refractivity contribution is 6.01. The molecule has 116 valence electrons. The molecule has 21 heavy (non-hydrogen) atoms. The molecule has 1 aliphatic rings. The van der Waals surface area contributed by atoms with Gasteiger partial charge in [0.05, 0.1) is 25.5 Å². The van der Waals surface area contributed by atoms with Crippen LogP contribution in [0.3, 0.4) is 0 Å². The summed E-state index contributed by atoms with van der Waals surface area (Å²) < 4.78 is 10.4. The quantitative estimate of drug-likeness (QED) is 0.866. The summed E-state index contributed by atoms with van der Waals surface area (Å²) in [5, 5.41) is 0. The Morgan fingerprint density at radius 1 is 1.33 bits per heavy atom. The summed E-state index contributed by atoms with van der Waals surface area (Å²) in [6, 6.07) is 3.37. The number of nitrogen functional groups attached to an aromatic ring is 1. The van der Waals surface area contributed by atoms with E-state index in [1.807, 2.05) is 4.90 Å². The molecule has 0 spiro atoms. The lowest BCUT2D eigenvalue weighted by atomic mass is 9.95. The molecule has 2 rings (SSSR count). The van der Waals surface area contributed by atoms with Gasteiger partial charge in [-0.05, 0) is 24.3 Å².